The quantitative estimate of drug-likeness (QED) is 0.719. The summed E-state index contributed by atoms with van der Waals surface area (Å²) in [5.74, 6) is -1.84. The number of carboxylic acids is 1. The molecule has 0 bridgehead atoms. The Morgan fingerprint density at radius 2 is 1.90 bits per heavy atom. The molecule has 31 heavy (non-hydrogen) atoms. The number of likely N-dealkylation sites (tertiary alicyclic amines) is 1. The zero-order chi connectivity index (χ0) is 23.2. The number of amides is 1. The van der Waals surface area contributed by atoms with Crippen molar-refractivity contribution >= 4 is 23.0 Å². The SMILES string of the molecule is CC(C)(C)OC(=O)N1CCC[C@H]1CNCc1cc2ccccc2o1.O=C(O)C(F)(F)F. The van der Waals surface area contributed by atoms with Crippen LogP contribution in [0.2, 0.25) is 0 Å². The van der Waals surface area contributed by atoms with Crippen molar-refractivity contribution in [2.45, 2.75) is 58.0 Å². The maximum Gasteiger partial charge on any atom is 0.490 e. The van der Waals surface area contributed by atoms with Gasteiger partial charge in [-0.15, -0.1) is 0 Å². The number of carbonyl (C=O) groups excluding carboxylic acids is 1. The molecule has 1 fully saturated rings. The van der Waals surface area contributed by atoms with Crippen molar-refractivity contribution < 1.29 is 37.0 Å². The molecule has 10 heteroatoms. The molecule has 0 radical (unpaired) electrons. The summed E-state index contributed by atoms with van der Waals surface area (Å²) in [6.07, 6.45) is -3.27. The van der Waals surface area contributed by atoms with Crippen LogP contribution in [0.15, 0.2) is 34.7 Å². The predicted molar refractivity (Wildman–Crippen MR) is 108 cm³/mol. The Kier molecular flexibility index (Phi) is 7.94. The summed E-state index contributed by atoms with van der Waals surface area (Å²) in [4.78, 5) is 23.0. The van der Waals surface area contributed by atoms with Crippen LogP contribution in [-0.4, -0.2) is 53.0 Å². The van der Waals surface area contributed by atoms with Gasteiger partial charge < -0.3 is 24.5 Å². The molecule has 0 aliphatic carbocycles. The number of rotatable bonds is 4. The van der Waals surface area contributed by atoms with Crippen molar-refractivity contribution in [1.29, 1.82) is 0 Å². The number of alkyl halides is 3. The van der Waals surface area contributed by atoms with Crippen LogP contribution in [0.1, 0.15) is 39.4 Å². The molecule has 1 atom stereocenters. The van der Waals surface area contributed by atoms with Crippen LogP contribution >= 0.6 is 0 Å². The lowest BCUT2D eigenvalue weighted by molar-refractivity contribution is -0.192. The fraction of sp³-hybridized carbons (Fsp3) is 0.524. The van der Waals surface area contributed by atoms with Gasteiger partial charge >= 0.3 is 18.2 Å². The fourth-order valence-electron chi connectivity index (χ4n) is 3.09. The number of aliphatic carboxylic acids is 1. The van der Waals surface area contributed by atoms with E-state index in [4.69, 9.17) is 19.1 Å². The first kappa shape index (κ1) is 24.5. The zero-order valence-corrected chi connectivity index (χ0v) is 17.7. The third kappa shape index (κ3) is 7.78. The van der Waals surface area contributed by atoms with Crippen LogP contribution in [0.5, 0.6) is 0 Å². The van der Waals surface area contributed by atoms with Crippen LogP contribution in [0.25, 0.3) is 11.0 Å². The van der Waals surface area contributed by atoms with Crippen molar-refractivity contribution in [2.75, 3.05) is 13.1 Å². The van der Waals surface area contributed by atoms with Gasteiger partial charge in [0, 0.05) is 24.5 Å². The molecule has 1 amide bonds. The highest BCUT2D eigenvalue weighted by Gasteiger charge is 2.38. The van der Waals surface area contributed by atoms with Gasteiger partial charge in [0.1, 0.15) is 16.9 Å². The highest BCUT2D eigenvalue weighted by molar-refractivity contribution is 5.77. The summed E-state index contributed by atoms with van der Waals surface area (Å²) in [5, 5.41) is 11.7. The van der Waals surface area contributed by atoms with Gasteiger partial charge in [-0.25, -0.2) is 9.59 Å². The standard InChI is InChI=1S/C19H26N2O3.C2HF3O2/c1-19(2,3)24-18(22)21-10-6-8-15(21)12-20-13-16-11-14-7-4-5-9-17(14)23-16;3-2(4,5)1(6)7/h4-5,7,9,11,15,20H,6,8,10,12-13H2,1-3H3;(H,6,7)/t15-;/m0./s1. The number of carbonyl (C=O) groups is 2. The number of para-hydroxylation sites is 1. The molecule has 2 N–H and O–H groups in total. The number of hydrogen-bond donors (Lipinski definition) is 2. The summed E-state index contributed by atoms with van der Waals surface area (Å²) >= 11 is 0. The number of halogens is 3. The minimum atomic E-state index is -5.08. The molecule has 1 saturated heterocycles. The first-order valence-electron chi connectivity index (χ1n) is 9.85. The van der Waals surface area contributed by atoms with Crippen LogP contribution in [0, 0.1) is 0 Å². The zero-order valence-electron chi connectivity index (χ0n) is 17.7. The number of ether oxygens (including phenoxy) is 1. The summed E-state index contributed by atoms with van der Waals surface area (Å²) in [7, 11) is 0. The molecule has 0 unspecified atom stereocenters. The second-order valence-corrected chi connectivity index (χ2v) is 8.15. The first-order valence-corrected chi connectivity index (χ1v) is 9.85. The van der Waals surface area contributed by atoms with Crippen molar-refractivity contribution in [1.82, 2.24) is 10.2 Å². The average Bonchev–Trinajstić information content (AvgIpc) is 3.26. The Labute approximate surface area is 178 Å². The molecular weight excluding hydrogens is 417 g/mol. The molecule has 0 spiro atoms. The molecule has 1 aliphatic heterocycles. The number of furan rings is 1. The van der Waals surface area contributed by atoms with Gasteiger partial charge in [-0.3, -0.25) is 0 Å². The van der Waals surface area contributed by atoms with Gasteiger partial charge in [-0.05, 0) is 45.7 Å². The molecule has 2 heterocycles. The van der Waals surface area contributed by atoms with E-state index in [2.05, 4.69) is 11.4 Å². The molecule has 0 saturated carbocycles. The number of carboxylic acid groups (broad SMARTS) is 1. The van der Waals surface area contributed by atoms with E-state index in [0.717, 1.165) is 42.7 Å². The van der Waals surface area contributed by atoms with E-state index in [9.17, 15) is 18.0 Å². The summed E-state index contributed by atoms with van der Waals surface area (Å²) in [6.45, 7) is 7.87. The first-order chi connectivity index (χ1) is 14.4. The number of nitrogens with zero attached hydrogens (tertiary/aromatic N) is 1. The second-order valence-electron chi connectivity index (χ2n) is 8.15. The van der Waals surface area contributed by atoms with Crippen molar-refractivity contribution in [3.63, 3.8) is 0 Å². The van der Waals surface area contributed by atoms with Crippen LogP contribution < -0.4 is 5.32 Å². The number of nitrogens with one attached hydrogen (secondary N) is 1. The van der Waals surface area contributed by atoms with E-state index >= 15 is 0 Å². The molecule has 1 aliphatic rings. The maximum atomic E-state index is 12.3. The Balaban J connectivity index is 0.000000423. The minimum Gasteiger partial charge on any atom is -0.475 e. The highest BCUT2D eigenvalue weighted by atomic mass is 19.4. The Morgan fingerprint density at radius 3 is 2.48 bits per heavy atom. The fourth-order valence-corrected chi connectivity index (χ4v) is 3.09. The summed E-state index contributed by atoms with van der Waals surface area (Å²) < 4.78 is 43.0. The predicted octanol–water partition coefficient (Wildman–Crippen LogP) is 4.56. The second kappa shape index (κ2) is 10.0. The lowest BCUT2D eigenvalue weighted by Gasteiger charge is -2.28. The number of hydrogen-bond acceptors (Lipinski definition) is 5. The van der Waals surface area contributed by atoms with Gasteiger partial charge in [0.25, 0.3) is 0 Å². The maximum absolute atomic E-state index is 12.3. The minimum absolute atomic E-state index is 0.184. The van der Waals surface area contributed by atoms with Gasteiger partial charge in [0.2, 0.25) is 0 Å². The molecule has 1 aromatic carbocycles. The lowest BCUT2D eigenvalue weighted by Crippen LogP contribution is -2.43. The van der Waals surface area contributed by atoms with Crippen molar-refractivity contribution in [3.8, 4) is 0 Å². The Morgan fingerprint density at radius 1 is 1.26 bits per heavy atom. The molecular formula is C21H27F3N2O5. The average molecular weight is 444 g/mol. The third-order valence-electron chi connectivity index (χ3n) is 4.40. The van der Waals surface area contributed by atoms with Crippen LogP contribution in [0.3, 0.4) is 0 Å². The summed E-state index contributed by atoms with van der Waals surface area (Å²) in [6, 6.07) is 10.2. The van der Waals surface area contributed by atoms with Gasteiger partial charge in [-0.1, -0.05) is 18.2 Å². The topological polar surface area (TPSA) is 92.0 Å². The van der Waals surface area contributed by atoms with Crippen LogP contribution in [-0.2, 0) is 16.1 Å². The largest absolute Gasteiger partial charge is 0.490 e. The van der Waals surface area contributed by atoms with E-state index in [-0.39, 0.29) is 12.1 Å². The smallest absolute Gasteiger partial charge is 0.475 e. The highest BCUT2D eigenvalue weighted by Crippen LogP contribution is 2.21. The number of benzene rings is 1. The van der Waals surface area contributed by atoms with Crippen LogP contribution in [0.4, 0.5) is 18.0 Å². The van der Waals surface area contributed by atoms with E-state index in [1.165, 1.54) is 0 Å². The van der Waals surface area contributed by atoms with E-state index < -0.39 is 17.7 Å². The Bertz CT molecular complexity index is 856. The molecule has 3 rings (SSSR count). The molecule has 2 aromatic rings. The Hall–Kier alpha value is -2.75. The van der Waals surface area contributed by atoms with Crippen molar-refractivity contribution in [2.24, 2.45) is 0 Å². The molecule has 7 nitrogen and oxygen atoms in total. The van der Waals surface area contributed by atoms with E-state index in [0.29, 0.717) is 6.54 Å². The van der Waals surface area contributed by atoms with E-state index in [1.54, 1.807) is 0 Å². The third-order valence-corrected chi connectivity index (χ3v) is 4.40. The van der Waals surface area contributed by atoms with E-state index in [1.807, 2.05) is 49.9 Å². The van der Waals surface area contributed by atoms with Gasteiger partial charge in [-0.2, -0.15) is 13.2 Å². The van der Waals surface area contributed by atoms with Gasteiger partial charge in [0.15, 0.2) is 0 Å². The lowest BCUT2D eigenvalue weighted by atomic mass is 10.2. The summed E-state index contributed by atoms with van der Waals surface area (Å²) in [5.41, 5.74) is 0.455. The molecule has 1 aromatic heterocycles. The molecule has 172 valence electrons. The normalized spacial score (nSPS) is 16.7. The van der Waals surface area contributed by atoms with Gasteiger partial charge in [0.05, 0.1) is 6.54 Å². The van der Waals surface area contributed by atoms with Crippen molar-refractivity contribution in [3.05, 3.63) is 36.1 Å². The number of fused-ring (bicyclic) bond motifs is 1. The monoisotopic (exact) mass is 444 g/mol.